The van der Waals surface area contributed by atoms with Crippen molar-refractivity contribution in [3.63, 3.8) is 0 Å². The van der Waals surface area contributed by atoms with Gasteiger partial charge in [0, 0.05) is 37.4 Å². The number of rotatable bonds is 3. The fraction of sp³-hybridized carbons (Fsp3) is 0.294. The van der Waals surface area contributed by atoms with Crippen LogP contribution in [0.15, 0.2) is 42.5 Å². The van der Waals surface area contributed by atoms with Gasteiger partial charge in [-0.05, 0) is 30.3 Å². The maximum absolute atomic E-state index is 14.3. The average Bonchev–Trinajstić information content (AvgIpc) is 2.56. The molecular formula is C17H19FN2O2. The highest BCUT2D eigenvalue weighted by molar-refractivity contribution is 5.54. The van der Waals surface area contributed by atoms with E-state index in [0.29, 0.717) is 24.3 Å². The lowest BCUT2D eigenvalue weighted by molar-refractivity contribution is 0.276. The van der Waals surface area contributed by atoms with E-state index in [1.807, 2.05) is 17.0 Å². The summed E-state index contributed by atoms with van der Waals surface area (Å²) >= 11 is 0. The van der Waals surface area contributed by atoms with Gasteiger partial charge in [0.25, 0.3) is 0 Å². The molecular weight excluding hydrogens is 283 g/mol. The van der Waals surface area contributed by atoms with Crippen LogP contribution in [0.1, 0.15) is 5.56 Å². The summed E-state index contributed by atoms with van der Waals surface area (Å²) in [5.41, 5.74) is 1.94. The monoisotopic (exact) mass is 302 g/mol. The molecule has 0 aliphatic carbocycles. The van der Waals surface area contributed by atoms with E-state index < -0.39 is 0 Å². The molecule has 1 aliphatic heterocycles. The molecule has 0 saturated carbocycles. The number of nitrogens with zero attached hydrogens (tertiary/aromatic N) is 2. The summed E-state index contributed by atoms with van der Waals surface area (Å²) in [6, 6.07) is 12.3. The van der Waals surface area contributed by atoms with Crippen LogP contribution in [0.25, 0.3) is 0 Å². The van der Waals surface area contributed by atoms with Crippen molar-refractivity contribution in [2.24, 2.45) is 0 Å². The zero-order valence-corrected chi connectivity index (χ0v) is 12.2. The second kappa shape index (κ2) is 6.23. The number of phenols is 1. The van der Waals surface area contributed by atoms with Gasteiger partial charge in [-0.3, -0.25) is 0 Å². The van der Waals surface area contributed by atoms with Crippen LogP contribution in [0.2, 0.25) is 0 Å². The van der Waals surface area contributed by atoms with Gasteiger partial charge in [-0.15, -0.1) is 0 Å². The van der Waals surface area contributed by atoms with Gasteiger partial charge in [0.1, 0.15) is 5.75 Å². The highest BCUT2D eigenvalue weighted by Crippen LogP contribution is 2.25. The molecule has 0 aromatic heterocycles. The second-order valence-corrected chi connectivity index (χ2v) is 5.40. The first-order chi connectivity index (χ1) is 10.7. The van der Waals surface area contributed by atoms with Crippen molar-refractivity contribution in [1.82, 2.24) is 0 Å². The number of phenolic OH excluding ortho intramolecular Hbond substituents is 1. The molecule has 0 atom stereocenters. The van der Waals surface area contributed by atoms with Crippen molar-refractivity contribution in [1.29, 1.82) is 0 Å². The molecule has 2 aromatic carbocycles. The summed E-state index contributed by atoms with van der Waals surface area (Å²) in [5.74, 6) is -0.0756. The zero-order chi connectivity index (χ0) is 15.5. The molecule has 0 spiro atoms. The fourth-order valence-corrected chi connectivity index (χ4v) is 2.80. The van der Waals surface area contributed by atoms with Gasteiger partial charge in [-0.25, -0.2) is 4.39 Å². The Labute approximate surface area is 129 Å². The van der Waals surface area contributed by atoms with Crippen LogP contribution in [-0.4, -0.2) is 36.4 Å². The van der Waals surface area contributed by atoms with E-state index >= 15 is 0 Å². The van der Waals surface area contributed by atoms with Crippen LogP contribution in [0.3, 0.4) is 0 Å². The summed E-state index contributed by atoms with van der Waals surface area (Å²) in [6.07, 6.45) is 0. The van der Waals surface area contributed by atoms with Crippen LogP contribution in [-0.2, 0) is 6.61 Å². The summed E-state index contributed by atoms with van der Waals surface area (Å²) in [4.78, 5) is 4.22. The lowest BCUT2D eigenvalue weighted by Gasteiger charge is -2.37. The van der Waals surface area contributed by atoms with E-state index in [9.17, 15) is 9.50 Å². The van der Waals surface area contributed by atoms with Gasteiger partial charge >= 0.3 is 0 Å². The molecule has 2 aromatic rings. The summed E-state index contributed by atoms with van der Waals surface area (Å²) < 4.78 is 14.3. The number of anilines is 2. The minimum Gasteiger partial charge on any atom is -0.508 e. The highest BCUT2D eigenvalue weighted by atomic mass is 19.1. The fourth-order valence-electron chi connectivity index (χ4n) is 2.80. The molecule has 3 rings (SSSR count). The van der Waals surface area contributed by atoms with E-state index in [2.05, 4.69) is 4.90 Å². The van der Waals surface area contributed by atoms with E-state index in [0.717, 1.165) is 18.8 Å². The number of hydrogen-bond acceptors (Lipinski definition) is 4. The quantitative estimate of drug-likeness (QED) is 0.914. The molecule has 1 aliphatic rings. The van der Waals surface area contributed by atoms with E-state index in [-0.39, 0.29) is 18.2 Å². The number of benzene rings is 2. The lowest BCUT2D eigenvalue weighted by Crippen LogP contribution is -2.46. The Balaban J connectivity index is 1.70. The SMILES string of the molecule is OCc1cccc(N2CCN(c3ccc(O)cc3)CC2)c1F. The average molecular weight is 302 g/mol. The van der Waals surface area contributed by atoms with Crippen molar-refractivity contribution in [3.05, 3.63) is 53.8 Å². The van der Waals surface area contributed by atoms with Crippen LogP contribution in [0, 0.1) is 5.82 Å². The molecule has 1 heterocycles. The molecule has 0 amide bonds. The maximum Gasteiger partial charge on any atom is 0.151 e. The Bertz CT molecular complexity index is 638. The van der Waals surface area contributed by atoms with Crippen molar-refractivity contribution >= 4 is 11.4 Å². The van der Waals surface area contributed by atoms with Crippen LogP contribution in [0.4, 0.5) is 15.8 Å². The number of piperazine rings is 1. The van der Waals surface area contributed by atoms with E-state index in [1.165, 1.54) is 0 Å². The van der Waals surface area contributed by atoms with Gasteiger partial charge < -0.3 is 20.0 Å². The van der Waals surface area contributed by atoms with Gasteiger partial charge in [-0.1, -0.05) is 12.1 Å². The number of hydrogen-bond donors (Lipinski definition) is 2. The molecule has 22 heavy (non-hydrogen) atoms. The highest BCUT2D eigenvalue weighted by Gasteiger charge is 2.20. The van der Waals surface area contributed by atoms with Gasteiger partial charge in [0.15, 0.2) is 5.82 Å². The van der Waals surface area contributed by atoms with Crippen LogP contribution >= 0.6 is 0 Å². The molecule has 1 saturated heterocycles. The smallest absolute Gasteiger partial charge is 0.151 e. The Morgan fingerprint density at radius 2 is 1.55 bits per heavy atom. The number of aliphatic hydroxyl groups is 1. The first-order valence-electron chi connectivity index (χ1n) is 7.36. The number of aromatic hydroxyl groups is 1. The predicted octanol–water partition coefficient (Wildman–Crippen LogP) is 2.35. The second-order valence-electron chi connectivity index (χ2n) is 5.40. The zero-order valence-electron chi connectivity index (χ0n) is 12.2. The minimum atomic E-state index is -0.330. The third kappa shape index (κ3) is 2.85. The van der Waals surface area contributed by atoms with E-state index in [4.69, 9.17) is 5.11 Å². The minimum absolute atomic E-state index is 0.255. The van der Waals surface area contributed by atoms with Crippen LogP contribution in [0.5, 0.6) is 5.75 Å². The summed E-state index contributed by atoms with van der Waals surface area (Å²) in [7, 11) is 0. The van der Waals surface area contributed by atoms with E-state index in [1.54, 1.807) is 30.3 Å². The third-order valence-corrected chi connectivity index (χ3v) is 4.06. The van der Waals surface area contributed by atoms with Crippen molar-refractivity contribution in [2.45, 2.75) is 6.61 Å². The molecule has 0 bridgehead atoms. The lowest BCUT2D eigenvalue weighted by atomic mass is 10.1. The first kappa shape index (κ1) is 14.7. The summed E-state index contributed by atoms with van der Waals surface area (Å²) in [6.45, 7) is 2.72. The Morgan fingerprint density at radius 3 is 2.18 bits per heavy atom. The van der Waals surface area contributed by atoms with Gasteiger partial charge in [0.05, 0.1) is 12.3 Å². The van der Waals surface area contributed by atoms with Gasteiger partial charge in [0.2, 0.25) is 0 Å². The third-order valence-electron chi connectivity index (χ3n) is 4.06. The van der Waals surface area contributed by atoms with Crippen LogP contribution < -0.4 is 9.80 Å². The molecule has 4 nitrogen and oxygen atoms in total. The van der Waals surface area contributed by atoms with Crippen molar-refractivity contribution in [2.75, 3.05) is 36.0 Å². The Morgan fingerprint density at radius 1 is 0.909 bits per heavy atom. The molecule has 5 heteroatoms. The molecule has 0 radical (unpaired) electrons. The summed E-state index contributed by atoms with van der Waals surface area (Å²) in [5, 5.41) is 18.5. The molecule has 116 valence electrons. The maximum atomic E-state index is 14.3. The van der Waals surface area contributed by atoms with Crippen molar-refractivity contribution in [3.8, 4) is 5.75 Å². The predicted molar refractivity (Wildman–Crippen MR) is 84.9 cm³/mol. The Kier molecular flexibility index (Phi) is 4.15. The first-order valence-corrected chi connectivity index (χ1v) is 7.36. The largest absolute Gasteiger partial charge is 0.508 e. The van der Waals surface area contributed by atoms with Crippen molar-refractivity contribution < 1.29 is 14.6 Å². The topological polar surface area (TPSA) is 46.9 Å². The standard InChI is InChI=1S/C17H19FN2O2/c18-17-13(12-21)2-1-3-16(17)20-10-8-19(9-11-20)14-4-6-15(22)7-5-14/h1-7,21-22H,8-12H2. The van der Waals surface area contributed by atoms with Gasteiger partial charge in [-0.2, -0.15) is 0 Å². The number of aliphatic hydroxyl groups excluding tert-OH is 1. The molecule has 2 N–H and O–H groups in total. The molecule has 0 unspecified atom stereocenters. The normalized spacial score (nSPS) is 15.2. The molecule has 1 fully saturated rings. The number of halogens is 1. The Hall–Kier alpha value is -2.27.